The molecule has 2 aromatic rings. The first kappa shape index (κ1) is 17.6. The van der Waals surface area contributed by atoms with E-state index < -0.39 is 0 Å². The van der Waals surface area contributed by atoms with Crippen LogP contribution in [0.1, 0.15) is 36.8 Å². The number of hydrogen-bond acceptors (Lipinski definition) is 3. The molecule has 1 aromatic carbocycles. The van der Waals surface area contributed by atoms with Gasteiger partial charge < -0.3 is 19.9 Å². The molecule has 2 N–H and O–H groups in total. The quantitative estimate of drug-likeness (QED) is 0.882. The molecule has 5 heteroatoms. The molecule has 0 saturated carbocycles. The number of piperidine rings is 1. The largest absolute Gasteiger partial charge is 0.394 e. The number of carbonyl (C=O) groups is 1. The van der Waals surface area contributed by atoms with Gasteiger partial charge in [-0.05, 0) is 43.5 Å². The van der Waals surface area contributed by atoms with Gasteiger partial charge in [0.25, 0.3) is 0 Å². The highest BCUT2D eigenvalue weighted by Crippen LogP contribution is 2.44. The molecule has 140 valence electrons. The number of likely N-dealkylation sites (N-methyl/N-ethyl adjacent to an activating group) is 1. The third kappa shape index (κ3) is 2.74. The Kier molecular flexibility index (Phi) is 4.53. The molecular formula is C21H29N3O2. The molecule has 2 heterocycles. The number of aliphatic hydroxyl groups is 1. The maximum atomic E-state index is 12.8. The van der Waals surface area contributed by atoms with Gasteiger partial charge in [0.05, 0.1) is 18.6 Å². The number of amides is 1. The molecular weight excluding hydrogens is 326 g/mol. The van der Waals surface area contributed by atoms with Gasteiger partial charge >= 0.3 is 0 Å². The first-order chi connectivity index (χ1) is 12.5. The summed E-state index contributed by atoms with van der Waals surface area (Å²) in [4.78, 5) is 15.2. The number of hydrogen-bond donors (Lipinski definition) is 2. The molecule has 4 atom stereocenters. The highest BCUT2D eigenvalue weighted by atomic mass is 16.3. The minimum Gasteiger partial charge on any atom is -0.394 e. The van der Waals surface area contributed by atoms with Crippen LogP contribution in [-0.4, -0.2) is 52.8 Å². The van der Waals surface area contributed by atoms with Crippen molar-refractivity contribution < 1.29 is 9.90 Å². The van der Waals surface area contributed by atoms with Crippen molar-refractivity contribution in [3.8, 4) is 0 Å². The van der Waals surface area contributed by atoms with Gasteiger partial charge in [0.15, 0.2) is 0 Å². The number of aryl methyl sites for hydroxylation is 1. The number of nitrogens with zero attached hydrogens (tertiary/aromatic N) is 2. The van der Waals surface area contributed by atoms with E-state index in [1.165, 1.54) is 22.0 Å². The zero-order chi connectivity index (χ0) is 18.4. The highest BCUT2D eigenvalue weighted by molar-refractivity contribution is 5.89. The third-order valence-electron chi connectivity index (χ3n) is 6.46. The molecule has 4 rings (SSSR count). The lowest BCUT2D eigenvalue weighted by Crippen LogP contribution is -2.52. The van der Waals surface area contributed by atoms with E-state index in [1.807, 2.05) is 6.92 Å². The maximum absolute atomic E-state index is 12.8. The summed E-state index contributed by atoms with van der Waals surface area (Å²) in [7, 11) is 4.26. The fourth-order valence-electron chi connectivity index (χ4n) is 5.00. The van der Waals surface area contributed by atoms with Crippen LogP contribution in [-0.2, 0) is 18.3 Å². The molecule has 1 aromatic heterocycles. The van der Waals surface area contributed by atoms with Crippen molar-refractivity contribution in [1.82, 2.24) is 14.8 Å². The van der Waals surface area contributed by atoms with Crippen LogP contribution in [0, 0.1) is 5.92 Å². The Morgan fingerprint density at radius 3 is 2.92 bits per heavy atom. The maximum Gasteiger partial charge on any atom is 0.224 e. The van der Waals surface area contributed by atoms with Gasteiger partial charge in [-0.2, -0.15) is 0 Å². The second kappa shape index (κ2) is 6.71. The lowest BCUT2D eigenvalue weighted by molar-refractivity contribution is -0.128. The van der Waals surface area contributed by atoms with Crippen molar-refractivity contribution in [3.05, 3.63) is 35.5 Å². The second-order valence-corrected chi connectivity index (χ2v) is 8.05. The van der Waals surface area contributed by atoms with Crippen LogP contribution in [0.3, 0.4) is 0 Å². The molecule has 1 amide bonds. The van der Waals surface area contributed by atoms with E-state index in [9.17, 15) is 9.90 Å². The Labute approximate surface area is 155 Å². The van der Waals surface area contributed by atoms with E-state index in [-0.39, 0.29) is 24.5 Å². The van der Waals surface area contributed by atoms with Gasteiger partial charge in [0, 0.05) is 42.7 Å². The molecule has 1 unspecified atom stereocenters. The van der Waals surface area contributed by atoms with Crippen molar-refractivity contribution in [3.63, 3.8) is 0 Å². The fourth-order valence-corrected chi connectivity index (χ4v) is 5.00. The number of likely N-dealkylation sites (tertiary alicyclic amines) is 1. The molecule has 1 fully saturated rings. The Morgan fingerprint density at radius 1 is 1.38 bits per heavy atom. The Morgan fingerprint density at radius 2 is 2.19 bits per heavy atom. The van der Waals surface area contributed by atoms with Gasteiger partial charge in [0.2, 0.25) is 5.91 Å². The molecule has 2 aliphatic rings. The summed E-state index contributed by atoms with van der Waals surface area (Å²) in [5.41, 5.74) is 4.12. The van der Waals surface area contributed by atoms with E-state index in [1.54, 1.807) is 0 Å². The predicted octanol–water partition coefficient (Wildman–Crippen LogP) is 2.03. The fraction of sp³-hybridized carbons (Fsp3) is 0.571. The molecule has 26 heavy (non-hydrogen) atoms. The van der Waals surface area contributed by atoms with Crippen LogP contribution < -0.4 is 5.32 Å². The number of nitrogens with one attached hydrogen (secondary N) is 1. The van der Waals surface area contributed by atoms with Crippen LogP contribution in [0.4, 0.5) is 0 Å². The SMILES string of the molecule is CC[C@@H](CO)NC(=O)[C@@H]1CC2c3cccc4c3c(cn4C)C[C@H]2N(C)C1. The Bertz CT molecular complexity index is 824. The first-order valence-electron chi connectivity index (χ1n) is 9.71. The molecule has 1 aliphatic carbocycles. The van der Waals surface area contributed by atoms with E-state index >= 15 is 0 Å². The standard InChI is InChI=1S/C21H29N3O2/c1-4-15(12-25)22-21(26)14-8-17-16-6-5-7-18-20(16)13(10-23(18)2)9-19(17)24(3)11-14/h5-7,10,14-15,17,19,25H,4,8-9,11-12H2,1-3H3,(H,22,26)/t14-,15+,17?,19-/m1/s1. The Hall–Kier alpha value is -1.85. The topological polar surface area (TPSA) is 57.5 Å². The molecule has 5 nitrogen and oxygen atoms in total. The normalized spacial score (nSPS) is 26.5. The molecule has 0 spiro atoms. The van der Waals surface area contributed by atoms with Crippen molar-refractivity contribution in [2.75, 3.05) is 20.2 Å². The third-order valence-corrected chi connectivity index (χ3v) is 6.46. The molecule has 0 radical (unpaired) electrons. The molecule has 0 bridgehead atoms. The summed E-state index contributed by atoms with van der Waals surface area (Å²) >= 11 is 0. The second-order valence-electron chi connectivity index (χ2n) is 8.05. The summed E-state index contributed by atoms with van der Waals surface area (Å²) in [6, 6.07) is 6.90. The van der Waals surface area contributed by atoms with Crippen LogP contribution in [0.15, 0.2) is 24.4 Å². The van der Waals surface area contributed by atoms with Crippen molar-refractivity contribution in [2.45, 2.75) is 44.2 Å². The summed E-state index contributed by atoms with van der Waals surface area (Å²) in [5.74, 6) is 0.446. The summed E-state index contributed by atoms with van der Waals surface area (Å²) in [6.45, 7) is 2.78. The van der Waals surface area contributed by atoms with Crippen molar-refractivity contribution in [2.24, 2.45) is 13.0 Å². The van der Waals surface area contributed by atoms with E-state index in [0.717, 1.165) is 25.8 Å². The van der Waals surface area contributed by atoms with Crippen molar-refractivity contribution in [1.29, 1.82) is 0 Å². The minimum atomic E-state index is -0.138. The van der Waals surface area contributed by atoms with E-state index in [2.05, 4.69) is 53.3 Å². The van der Waals surface area contributed by atoms with Crippen LogP contribution in [0.5, 0.6) is 0 Å². The number of rotatable bonds is 4. The summed E-state index contributed by atoms with van der Waals surface area (Å²) in [6.07, 6.45) is 4.96. The average molecular weight is 355 g/mol. The number of benzene rings is 1. The summed E-state index contributed by atoms with van der Waals surface area (Å²) in [5, 5.41) is 13.8. The van der Waals surface area contributed by atoms with Crippen LogP contribution in [0.2, 0.25) is 0 Å². The average Bonchev–Trinajstić information content (AvgIpc) is 2.97. The number of carbonyl (C=O) groups excluding carboxylic acids is 1. The Balaban J connectivity index is 1.64. The zero-order valence-electron chi connectivity index (χ0n) is 15.9. The summed E-state index contributed by atoms with van der Waals surface area (Å²) < 4.78 is 2.22. The van der Waals surface area contributed by atoms with Gasteiger partial charge in [-0.1, -0.05) is 19.1 Å². The van der Waals surface area contributed by atoms with Gasteiger partial charge in [-0.25, -0.2) is 0 Å². The molecule has 1 saturated heterocycles. The highest BCUT2D eigenvalue weighted by Gasteiger charge is 2.41. The van der Waals surface area contributed by atoms with Crippen molar-refractivity contribution >= 4 is 16.8 Å². The van der Waals surface area contributed by atoms with Gasteiger partial charge in [-0.3, -0.25) is 4.79 Å². The lowest BCUT2D eigenvalue weighted by Gasteiger charge is -2.45. The monoisotopic (exact) mass is 355 g/mol. The van der Waals surface area contributed by atoms with E-state index in [4.69, 9.17) is 0 Å². The van der Waals surface area contributed by atoms with Gasteiger partial charge in [-0.15, -0.1) is 0 Å². The number of aromatic nitrogens is 1. The smallest absolute Gasteiger partial charge is 0.224 e. The number of aliphatic hydroxyl groups excluding tert-OH is 1. The first-order valence-corrected chi connectivity index (χ1v) is 9.71. The zero-order valence-corrected chi connectivity index (χ0v) is 15.9. The predicted molar refractivity (Wildman–Crippen MR) is 103 cm³/mol. The minimum absolute atomic E-state index is 0.00351. The lowest BCUT2D eigenvalue weighted by atomic mass is 9.72. The van der Waals surface area contributed by atoms with Gasteiger partial charge in [0.1, 0.15) is 0 Å². The van der Waals surface area contributed by atoms with E-state index in [0.29, 0.717) is 12.0 Å². The van der Waals surface area contributed by atoms with Crippen LogP contribution in [0.25, 0.3) is 10.9 Å². The van der Waals surface area contributed by atoms with Crippen LogP contribution >= 0.6 is 0 Å². The number of fused-ring (bicyclic) bond motifs is 2. The molecule has 1 aliphatic heterocycles.